The molecule has 1 heterocycles. The van der Waals surface area contributed by atoms with Crippen LogP contribution in [0.3, 0.4) is 0 Å². The maximum atomic E-state index is 11.4. The van der Waals surface area contributed by atoms with E-state index in [-0.39, 0.29) is 19.0 Å². The van der Waals surface area contributed by atoms with Gasteiger partial charge in [-0.3, -0.25) is 4.99 Å². The van der Waals surface area contributed by atoms with Gasteiger partial charge in [0, 0.05) is 11.6 Å². The number of aliphatic carboxylic acids is 1. The summed E-state index contributed by atoms with van der Waals surface area (Å²) in [6, 6.07) is 18.3. The fraction of sp³-hybridized carbons (Fsp3) is 0.185. The van der Waals surface area contributed by atoms with Gasteiger partial charge >= 0.3 is 5.97 Å². The van der Waals surface area contributed by atoms with Crippen LogP contribution in [0.15, 0.2) is 101 Å². The van der Waals surface area contributed by atoms with Crippen molar-refractivity contribution in [2.24, 2.45) is 4.99 Å². The predicted octanol–water partition coefficient (Wildman–Crippen LogP) is 3.44. The lowest BCUT2D eigenvalue weighted by Gasteiger charge is -2.27. The zero-order chi connectivity index (χ0) is 23.1. The molecule has 6 heteroatoms. The molecule has 4 rings (SSSR count). The Hall–Kier alpha value is -3.92. The molecule has 1 aliphatic heterocycles. The molecule has 0 saturated carbocycles. The number of ether oxygens (including phenoxy) is 2. The van der Waals surface area contributed by atoms with E-state index < -0.39 is 17.6 Å². The number of carboxylic acid groups (broad SMARTS) is 1. The number of fused-ring (bicyclic) bond motifs is 1. The second kappa shape index (κ2) is 10.1. The zero-order valence-corrected chi connectivity index (χ0v) is 17.8. The lowest BCUT2D eigenvalue weighted by molar-refractivity contribution is -0.137. The summed E-state index contributed by atoms with van der Waals surface area (Å²) in [5.41, 5.74) is 1.31. The van der Waals surface area contributed by atoms with Gasteiger partial charge in [-0.05, 0) is 23.3 Å². The lowest BCUT2D eigenvalue weighted by Crippen LogP contribution is -2.32. The largest absolute Gasteiger partial charge is 0.487 e. The summed E-state index contributed by atoms with van der Waals surface area (Å²) in [4.78, 5) is 15.7. The van der Waals surface area contributed by atoms with Crippen molar-refractivity contribution in [1.29, 1.82) is 0 Å². The van der Waals surface area contributed by atoms with Crippen molar-refractivity contribution in [2.75, 3.05) is 6.61 Å². The van der Waals surface area contributed by atoms with Crippen LogP contribution in [0.2, 0.25) is 0 Å². The Labute approximate surface area is 192 Å². The molecule has 0 saturated heterocycles. The van der Waals surface area contributed by atoms with E-state index in [0.717, 1.165) is 11.1 Å². The Morgan fingerprint density at radius 2 is 1.67 bits per heavy atom. The summed E-state index contributed by atoms with van der Waals surface area (Å²) in [5, 5.41) is 20.5. The number of aliphatic imine (C=N–C) groups is 1. The number of hydrogen-bond donors (Lipinski definition) is 2. The maximum absolute atomic E-state index is 11.4. The smallest absolute Gasteiger partial charge is 0.332 e. The van der Waals surface area contributed by atoms with Crippen LogP contribution < -0.4 is 0 Å². The van der Waals surface area contributed by atoms with E-state index in [2.05, 4.69) is 16.8 Å². The number of dihydropyridines is 1. The first-order valence-electron chi connectivity index (χ1n) is 10.5. The quantitative estimate of drug-likeness (QED) is 0.508. The highest BCUT2D eigenvalue weighted by Crippen LogP contribution is 2.29. The maximum Gasteiger partial charge on any atom is 0.332 e. The highest BCUT2D eigenvalue weighted by Gasteiger charge is 2.32. The Morgan fingerprint density at radius 3 is 2.33 bits per heavy atom. The van der Waals surface area contributed by atoms with E-state index in [1.54, 1.807) is 12.2 Å². The van der Waals surface area contributed by atoms with E-state index in [0.29, 0.717) is 17.9 Å². The number of carboxylic acids is 1. The van der Waals surface area contributed by atoms with Crippen LogP contribution in [0.4, 0.5) is 0 Å². The van der Waals surface area contributed by atoms with Crippen molar-refractivity contribution in [1.82, 2.24) is 0 Å². The number of rotatable bonds is 7. The van der Waals surface area contributed by atoms with Crippen LogP contribution >= 0.6 is 0 Å². The van der Waals surface area contributed by atoms with Gasteiger partial charge < -0.3 is 19.7 Å². The molecule has 2 aliphatic rings. The molecule has 0 spiro atoms. The number of carbonyl (C=O) groups is 1. The van der Waals surface area contributed by atoms with E-state index >= 15 is 0 Å². The topological polar surface area (TPSA) is 88.4 Å². The minimum absolute atomic E-state index is 0.145. The molecule has 0 aromatic heterocycles. The second-order valence-electron chi connectivity index (χ2n) is 7.61. The van der Waals surface area contributed by atoms with Gasteiger partial charge in [-0.25, -0.2) is 4.79 Å². The molecule has 6 nitrogen and oxygen atoms in total. The standard InChI is InChI=1S/C27H23NO5/c29-26(30)23-13-12-22-16-27(31,14-7-15-32-18-20-8-3-1-4-9-20)17-24(25(22)28-23)33-19-21-10-5-2-6-11-21/h1-6,8-13,16-17,23,31H,15,18-19H2,(H,29,30). The van der Waals surface area contributed by atoms with Gasteiger partial charge in [0.05, 0.1) is 6.61 Å². The number of allylic oxidation sites excluding steroid dienone is 2. The zero-order valence-electron chi connectivity index (χ0n) is 17.8. The van der Waals surface area contributed by atoms with Gasteiger partial charge in [0.1, 0.15) is 24.7 Å². The summed E-state index contributed by atoms with van der Waals surface area (Å²) in [6.07, 6.45) is 6.09. The molecule has 166 valence electrons. The third-order valence-corrected chi connectivity index (χ3v) is 5.02. The number of nitrogens with zero attached hydrogens (tertiary/aromatic N) is 1. The SMILES string of the molecule is O=C(O)C1C=CC2=CC(O)(C#CCOCc3ccccc3)C=C(OCc3ccccc3)C2=N1. The van der Waals surface area contributed by atoms with E-state index in [1.807, 2.05) is 60.7 Å². The van der Waals surface area contributed by atoms with Gasteiger partial charge in [0.2, 0.25) is 0 Å². The van der Waals surface area contributed by atoms with Crippen LogP contribution in [-0.2, 0) is 27.5 Å². The summed E-state index contributed by atoms with van der Waals surface area (Å²) in [5.74, 6) is 4.91. The molecule has 0 bridgehead atoms. The fourth-order valence-corrected chi connectivity index (χ4v) is 3.43. The van der Waals surface area contributed by atoms with Crippen LogP contribution in [0.1, 0.15) is 11.1 Å². The van der Waals surface area contributed by atoms with Gasteiger partial charge in [-0.1, -0.05) is 78.6 Å². The van der Waals surface area contributed by atoms with Gasteiger partial charge in [-0.15, -0.1) is 0 Å². The monoisotopic (exact) mass is 441 g/mol. The van der Waals surface area contributed by atoms with Crippen molar-refractivity contribution in [3.05, 3.63) is 107 Å². The van der Waals surface area contributed by atoms with E-state index in [9.17, 15) is 15.0 Å². The third-order valence-electron chi connectivity index (χ3n) is 5.02. The first kappa shape index (κ1) is 22.3. The van der Waals surface area contributed by atoms with Crippen molar-refractivity contribution in [2.45, 2.75) is 24.9 Å². The summed E-state index contributed by atoms with van der Waals surface area (Å²) < 4.78 is 11.5. The normalized spacial score (nSPS) is 21.0. The molecule has 33 heavy (non-hydrogen) atoms. The van der Waals surface area contributed by atoms with Crippen LogP contribution in [0, 0.1) is 11.8 Å². The highest BCUT2D eigenvalue weighted by atomic mass is 16.5. The average Bonchev–Trinajstić information content (AvgIpc) is 2.83. The van der Waals surface area contributed by atoms with E-state index in [1.165, 1.54) is 12.2 Å². The van der Waals surface area contributed by atoms with Crippen LogP contribution in [0.5, 0.6) is 0 Å². The van der Waals surface area contributed by atoms with E-state index in [4.69, 9.17) is 9.47 Å². The minimum Gasteiger partial charge on any atom is -0.487 e. The molecule has 2 aromatic rings. The molecule has 1 aliphatic carbocycles. The molecule has 0 amide bonds. The summed E-state index contributed by atoms with van der Waals surface area (Å²) in [7, 11) is 0. The Balaban J connectivity index is 1.51. The first-order chi connectivity index (χ1) is 16.0. The molecular weight excluding hydrogens is 418 g/mol. The fourth-order valence-electron chi connectivity index (χ4n) is 3.43. The van der Waals surface area contributed by atoms with Gasteiger partial charge in [-0.2, -0.15) is 0 Å². The van der Waals surface area contributed by atoms with Gasteiger partial charge in [0.15, 0.2) is 11.6 Å². The number of benzene rings is 2. The minimum atomic E-state index is -1.60. The van der Waals surface area contributed by atoms with Gasteiger partial charge in [0.25, 0.3) is 0 Å². The molecule has 2 atom stereocenters. The van der Waals surface area contributed by atoms with Crippen molar-refractivity contribution in [3.8, 4) is 11.8 Å². The van der Waals surface area contributed by atoms with Crippen molar-refractivity contribution >= 4 is 11.7 Å². The molecule has 0 fully saturated rings. The molecule has 0 radical (unpaired) electrons. The average molecular weight is 441 g/mol. The molecule has 2 N–H and O–H groups in total. The Kier molecular flexibility index (Phi) is 6.84. The van der Waals surface area contributed by atoms with Crippen LogP contribution in [0.25, 0.3) is 0 Å². The number of aliphatic hydroxyl groups is 1. The third kappa shape index (κ3) is 5.86. The molecule has 2 aromatic carbocycles. The first-order valence-corrected chi connectivity index (χ1v) is 10.5. The Morgan fingerprint density at radius 1 is 1.00 bits per heavy atom. The lowest BCUT2D eigenvalue weighted by atomic mass is 9.88. The molecule has 2 unspecified atom stereocenters. The summed E-state index contributed by atoms with van der Waals surface area (Å²) in [6.45, 7) is 0.808. The van der Waals surface area contributed by atoms with Crippen LogP contribution in [-0.4, -0.2) is 40.1 Å². The van der Waals surface area contributed by atoms with Crippen molar-refractivity contribution in [3.63, 3.8) is 0 Å². The molecular formula is C27H23NO5. The Bertz CT molecular complexity index is 1190. The predicted molar refractivity (Wildman–Crippen MR) is 124 cm³/mol. The highest BCUT2D eigenvalue weighted by molar-refractivity contribution is 6.15. The second-order valence-corrected chi connectivity index (χ2v) is 7.61. The van der Waals surface area contributed by atoms with Crippen molar-refractivity contribution < 1.29 is 24.5 Å². The summed E-state index contributed by atoms with van der Waals surface area (Å²) >= 11 is 0. The number of hydrogen-bond acceptors (Lipinski definition) is 5.